The SMILES string of the molecule is CC1(Oc2ccc3c(c2)C(c2cc(N4CCC5(CC4)CNC(=O)CO5)ncn2)=NC3)CC1.CC1(Oc2ccc3c(c2)C(c2cc(N4CCN(CC5CCCO5)CC4)ncn2)=NC3)CC1.CCOC(=O)N1CCN(c2cc(C3=NCc4ccc(OC5(C)CC5)cc43)ncn2)CC1.C[C@@H]1COCCN1c1cc(C2=NCc3ccc(OC4(C)CC4)cc32)ncn1. The normalized spacial score (nSPS) is 22.3. The number of nitrogens with one attached hydrogen (secondary N) is 1. The number of ether oxygens (including phenoxy) is 8. The lowest BCUT2D eigenvalue weighted by Gasteiger charge is -2.43. The molecule has 4 aromatic heterocycles. The van der Waals surface area contributed by atoms with Crippen LogP contribution in [0.5, 0.6) is 23.0 Å². The standard InChI is InChI=1S/C25H31N5O2.C24H27N5O3.C23H27N5O3.C21H24N4O2/c1-25(6-7-25)32-19-5-4-18-15-26-24(21(18)13-19)22-14-23(28-17-27-22)30-10-8-29(9-11-30)16-20-3-2-12-31-20;1-23(4-5-23)32-17-3-2-16-12-25-22(18(16)10-17)19-11-20(28-15-27-19)29-8-6-24(7-9-29)14-26-21(30)13-31-24;1-3-30-22(29)28-10-8-27(9-11-28)20-13-19(25-15-26-20)21-18-12-17(31-23(2)6-7-23)5-4-16(18)14-24-21;1-14-12-26-8-7-25(14)19-10-18(23-13-24-19)20-17-9-16(27-21(2)5-6-21)4-3-15(17)11-22-20/h4-5,13-14,17,20H,2-3,6-12,15-16H2,1H3;2-3,10-11,15H,4-9,12-14H2,1H3,(H,26,30);4-5,12-13,15H,3,6-11,14H2,1-2H3;3-4,9-10,13-14H,5-8,11-12H2,1-2H3/t;;;14-/m...1/s1. The van der Waals surface area contributed by atoms with Crippen LogP contribution in [0.1, 0.15) is 186 Å². The Morgan fingerprint density at radius 2 is 0.861 bits per heavy atom. The van der Waals surface area contributed by atoms with Crippen LogP contribution >= 0.6 is 0 Å². The smallest absolute Gasteiger partial charge is 0.409 e. The number of morpholine rings is 2. The zero-order valence-electron chi connectivity index (χ0n) is 70.9. The zero-order valence-corrected chi connectivity index (χ0v) is 70.9. The van der Waals surface area contributed by atoms with Crippen molar-refractivity contribution in [2.45, 2.75) is 185 Å². The number of rotatable bonds is 19. The molecule has 2 amide bonds. The van der Waals surface area contributed by atoms with E-state index in [-0.39, 0.29) is 46.6 Å². The van der Waals surface area contributed by atoms with Crippen molar-refractivity contribution in [3.8, 4) is 23.0 Å². The molecule has 14 heterocycles. The Labute approximate surface area is 712 Å². The van der Waals surface area contributed by atoms with Gasteiger partial charge in [-0.1, -0.05) is 24.3 Å². The molecule has 29 heteroatoms. The number of aliphatic imine (C=N–C) groups is 4. The predicted molar refractivity (Wildman–Crippen MR) is 464 cm³/mol. The molecule has 4 aliphatic carbocycles. The van der Waals surface area contributed by atoms with E-state index in [4.69, 9.17) is 57.9 Å². The predicted octanol–water partition coefficient (Wildman–Crippen LogP) is 11.3. The zero-order chi connectivity index (χ0) is 83.2. The van der Waals surface area contributed by atoms with Gasteiger partial charge in [0.25, 0.3) is 0 Å². The number of carbonyl (C=O) groups excluding carboxylic acids is 2. The van der Waals surface area contributed by atoms with E-state index in [1.807, 2.05) is 37.3 Å². The Balaban J connectivity index is 0.000000107. The van der Waals surface area contributed by atoms with E-state index in [9.17, 15) is 9.59 Å². The highest BCUT2D eigenvalue weighted by atomic mass is 16.6. The minimum Gasteiger partial charge on any atom is -0.488 e. The molecule has 10 fully saturated rings. The van der Waals surface area contributed by atoms with Crippen molar-refractivity contribution in [3.05, 3.63) is 190 Å². The van der Waals surface area contributed by atoms with Gasteiger partial charge in [0.05, 0.1) is 109 Å². The first-order chi connectivity index (χ1) is 59.3. The van der Waals surface area contributed by atoms with Gasteiger partial charge in [-0.15, -0.1) is 0 Å². The van der Waals surface area contributed by atoms with Gasteiger partial charge in [0.1, 0.15) is 101 Å². The number of benzene rings is 4. The second-order valence-corrected chi connectivity index (χ2v) is 35.6. The summed E-state index contributed by atoms with van der Waals surface area (Å²) in [7, 11) is 0. The van der Waals surface area contributed by atoms with E-state index >= 15 is 0 Å². The number of carbonyl (C=O) groups is 2. The highest BCUT2D eigenvalue weighted by molar-refractivity contribution is 6.16. The van der Waals surface area contributed by atoms with Crippen molar-refractivity contribution in [2.75, 3.05) is 138 Å². The maximum atomic E-state index is 11.9. The summed E-state index contributed by atoms with van der Waals surface area (Å²) in [6.07, 6.45) is 19.7. The number of anilines is 4. The maximum absolute atomic E-state index is 11.9. The lowest BCUT2D eigenvalue weighted by atomic mass is 9.90. The Bertz CT molecular complexity index is 5350. The number of hydrogen-bond acceptors (Lipinski definition) is 27. The maximum Gasteiger partial charge on any atom is 0.409 e. The summed E-state index contributed by atoms with van der Waals surface area (Å²) in [6, 6.07) is 33.6. The summed E-state index contributed by atoms with van der Waals surface area (Å²) >= 11 is 0. The van der Waals surface area contributed by atoms with Crippen LogP contribution in [-0.2, 0) is 49.9 Å². The number of hydrogen-bond donors (Lipinski definition) is 1. The second-order valence-electron chi connectivity index (χ2n) is 35.6. The molecule has 636 valence electrons. The third kappa shape index (κ3) is 18.5. The van der Waals surface area contributed by atoms with E-state index in [0.29, 0.717) is 77.7 Å². The molecule has 4 aromatic carbocycles. The van der Waals surface area contributed by atoms with Gasteiger partial charge >= 0.3 is 6.09 Å². The molecule has 122 heavy (non-hydrogen) atoms. The summed E-state index contributed by atoms with van der Waals surface area (Å²) in [5.74, 6) is 7.27. The van der Waals surface area contributed by atoms with Crippen molar-refractivity contribution in [2.24, 2.45) is 20.0 Å². The third-order valence-electron chi connectivity index (χ3n) is 25.9. The van der Waals surface area contributed by atoms with E-state index in [0.717, 1.165) is 251 Å². The van der Waals surface area contributed by atoms with Crippen LogP contribution < -0.4 is 43.9 Å². The molecule has 0 bridgehead atoms. The van der Waals surface area contributed by atoms with E-state index in [1.165, 1.54) is 35.1 Å². The van der Waals surface area contributed by atoms with Gasteiger partial charge < -0.3 is 67.7 Å². The number of aromatic nitrogens is 8. The third-order valence-corrected chi connectivity index (χ3v) is 25.9. The van der Waals surface area contributed by atoms with Crippen molar-refractivity contribution < 1.29 is 47.5 Å². The molecular weight excluding hydrogens is 1540 g/mol. The minimum atomic E-state index is -0.250. The number of piperazine rings is 2. The molecule has 6 saturated heterocycles. The van der Waals surface area contributed by atoms with Gasteiger partial charge in [0.15, 0.2) is 0 Å². The van der Waals surface area contributed by atoms with Crippen molar-refractivity contribution in [3.63, 3.8) is 0 Å². The first-order valence-electron chi connectivity index (χ1n) is 43.8. The number of amides is 2. The van der Waals surface area contributed by atoms with Crippen LogP contribution in [0.15, 0.2) is 142 Å². The van der Waals surface area contributed by atoms with Gasteiger partial charge in [0.2, 0.25) is 5.91 Å². The first kappa shape index (κ1) is 80.6. The lowest BCUT2D eigenvalue weighted by molar-refractivity contribution is -0.146. The largest absolute Gasteiger partial charge is 0.488 e. The van der Waals surface area contributed by atoms with Gasteiger partial charge in [-0.2, -0.15) is 0 Å². The molecule has 1 unspecified atom stereocenters. The lowest BCUT2D eigenvalue weighted by Crippen LogP contribution is -2.57. The molecule has 10 aliphatic heterocycles. The molecule has 22 rings (SSSR count). The van der Waals surface area contributed by atoms with Crippen LogP contribution in [0.3, 0.4) is 0 Å². The van der Waals surface area contributed by atoms with Crippen LogP contribution in [-0.4, -0.2) is 243 Å². The van der Waals surface area contributed by atoms with Crippen molar-refractivity contribution in [1.82, 2.24) is 55.0 Å². The van der Waals surface area contributed by atoms with Crippen molar-refractivity contribution >= 4 is 58.1 Å². The Morgan fingerprint density at radius 3 is 1.23 bits per heavy atom. The molecule has 8 aromatic rings. The molecule has 4 saturated carbocycles. The van der Waals surface area contributed by atoms with E-state index < -0.39 is 0 Å². The minimum absolute atomic E-state index is 0.0112. The Morgan fingerprint density at radius 1 is 0.467 bits per heavy atom. The summed E-state index contributed by atoms with van der Waals surface area (Å²) in [6.45, 7) is 29.1. The van der Waals surface area contributed by atoms with Crippen LogP contribution in [0.4, 0.5) is 28.1 Å². The molecule has 0 radical (unpaired) electrons. The summed E-state index contributed by atoms with van der Waals surface area (Å²) in [4.78, 5) is 92.0. The fourth-order valence-corrected chi connectivity index (χ4v) is 17.3. The van der Waals surface area contributed by atoms with E-state index in [1.54, 1.807) is 30.2 Å². The second kappa shape index (κ2) is 33.9. The first-order valence-corrected chi connectivity index (χ1v) is 43.8. The van der Waals surface area contributed by atoms with Gasteiger partial charge in [-0.25, -0.2) is 44.7 Å². The molecule has 1 spiro atoms. The topological polar surface area (TPSA) is 292 Å². The molecule has 14 aliphatic rings. The summed E-state index contributed by atoms with van der Waals surface area (Å²) in [5.41, 5.74) is 16.1. The van der Waals surface area contributed by atoms with Gasteiger partial charge in [0, 0.05) is 138 Å². The molecule has 2 atom stereocenters. The fourth-order valence-electron chi connectivity index (χ4n) is 17.3. The fraction of sp³-hybridized carbons (Fsp3) is 0.505. The van der Waals surface area contributed by atoms with Crippen LogP contribution in [0.25, 0.3) is 0 Å². The average Bonchev–Trinajstić information content (AvgIpc) is 1.05. The highest BCUT2D eigenvalue weighted by Gasteiger charge is 2.45. The van der Waals surface area contributed by atoms with E-state index in [2.05, 4.69) is 171 Å². The Hall–Kier alpha value is -11.1. The van der Waals surface area contributed by atoms with Gasteiger partial charge in [-0.05, 0) is 189 Å². The number of piperidine rings is 1. The quantitative estimate of drug-likeness (QED) is 0.0786. The average molecular weight is 1650 g/mol. The molecule has 29 nitrogen and oxygen atoms in total. The number of nitrogens with zero attached hydrogens (tertiary/aromatic N) is 18. The summed E-state index contributed by atoms with van der Waals surface area (Å²) in [5, 5.41) is 2.94. The number of fused-ring (bicyclic) bond motifs is 4. The summed E-state index contributed by atoms with van der Waals surface area (Å²) < 4.78 is 47.0. The van der Waals surface area contributed by atoms with Crippen LogP contribution in [0, 0.1) is 0 Å². The van der Waals surface area contributed by atoms with Crippen LogP contribution in [0.2, 0.25) is 0 Å². The monoisotopic (exact) mass is 1650 g/mol. The Kier molecular flexibility index (Phi) is 22.4. The molecule has 1 N–H and O–H groups in total. The van der Waals surface area contributed by atoms with Crippen molar-refractivity contribution in [1.29, 1.82) is 0 Å². The highest BCUT2D eigenvalue weighted by Crippen LogP contribution is 2.45. The van der Waals surface area contributed by atoms with Gasteiger partial charge in [-0.3, -0.25) is 29.7 Å². The molecular formula is C93H109N19O10.